The van der Waals surface area contributed by atoms with Crippen LogP contribution in [-0.4, -0.2) is 11.0 Å². The van der Waals surface area contributed by atoms with E-state index >= 15 is 0 Å². The van der Waals surface area contributed by atoms with Crippen molar-refractivity contribution < 1.29 is 4.79 Å². The molecule has 0 saturated carbocycles. The van der Waals surface area contributed by atoms with Crippen molar-refractivity contribution in [1.82, 2.24) is 10.9 Å². The second-order valence-corrected chi connectivity index (χ2v) is 4.58. The van der Waals surface area contributed by atoms with E-state index in [0.717, 1.165) is 3.57 Å². The largest absolute Gasteiger partial charge is 0.375 e. The summed E-state index contributed by atoms with van der Waals surface area (Å²) in [6.45, 7) is 0. The number of amides is 1. The molecule has 0 aliphatic heterocycles. The summed E-state index contributed by atoms with van der Waals surface area (Å²) in [5.74, 6) is -0.346. The molecule has 4 nitrogen and oxygen atoms in total. The van der Waals surface area contributed by atoms with Crippen LogP contribution in [0.4, 0.5) is 0 Å². The highest BCUT2D eigenvalue weighted by atomic mass is 127. The smallest absolute Gasteiger partial charge is 0.269 e. The lowest BCUT2D eigenvalue weighted by atomic mass is 10.2. The molecule has 0 atom stereocenters. The zero-order valence-electron chi connectivity index (χ0n) is 7.38. The summed E-state index contributed by atoms with van der Waals surface area (Å²) in [7, 11) is 0. The number of rotatable bonds is 1. The van der Waals surface area contributed by atoms with E-state index in [1.54, 1.807) is 18.2 Å². The molecule has 4 N–H and O–H groups in total. The number of benzene rings is 1. The van der Waals surface area contributed by atoms with Gasteiger partial charge in [-0.3, -0.25) is 15.6 Å². The van der Waals surface area contributed by atoms with Gasteiger partial charge >= 0.3 is 0 Å². The highest BCUT2D eigenvalue weighted by Gasteiger charge is 2.07. The predicted octanol–water partition coefficient (Wildman–Crippen LogP) is 1.42. The fourth-order valence-corrected chi connectivity index (χ4v) is 1.39. The van der Waals surface area contributed by atoms with Crippen molar-refractivity contribution in [2.75, 3.05) is 0 Å². The summed E-state index contributed by atoms with van der Waals surface area (Å²) >= 11 is 12.5. The van der Waals surface area contributed by atoms with Gasteiger partial charge in [0.1, 0.15) is 0 Å². The second-order valence-electron chi connectivity index (χ2n) is 2.57. The molecule has 0 aliphatic carbocycles. The number of carbonyl (C=O) groups excluding carboxylic acids is 1. The summed E-state index contributed by atoms with van der Waals surface area (Å²) in [5.41, 5.74) is 10.3. The van der Waals surface area contributed by atoms with Gasteiger partial charge < -0.3 is 5.73 Å². The van der Waals surface area contributed by atoms with Gasteiger partial charge in [-0.15, -0.1) is 0 Å². The zero-order valence-corrected chi connectivity index (χ0v) is 11.1. The van der Waals surface area contributed by atoms with Crippen LogP contribution in [-0.2, 0) is 0 Å². The molecule has 1 aromatic rings. The second kappa shape index (κ2) is 5.47. The van der Waals surface area contributed by atoms with E-state index in [1.807, 2.05) is 0 Å². The number of hydrazine groups is 1. The van der Waals surface area contributed by atoms with E-state index in [2.05, 4.69) is 45.7 Å². The third-order valence-electron chi connectivity index (χ3n) is 1.48. The van der Waals surface area contributed by atoms with E-state index in [-0.39, 0.29) is 11.0 Å². The number of nitrogens with one attached hydrogen (secondary N) is 2. The Hall–Kier alpha value is -0.600. The minimum Gasteiger partial charge on any atom is -0.375 e. The zero-order chi connectivity index (χ0) is 11.4. The molecular formula is C8H7ClIN3OS. The van der Waals surface area contributed by atoms with Crippen LogP contribution in [0, 0.1) is 3.57 Å². The first-order valence-electron chi connectivity index (χ1n) is 3.81. The quantitative estimate of drug-likeness (QED) is 0.405. The summed E-state index contributed by atoms with van der Waals surface area (Å²) in [6, 6.07) is 4.97. The maximum absolute atomic E-state index is 11.5. The first-order chi connectivity index (χ1) is 7.00. The van der Waals surface area contributed by atoms with Crippen molar-refractivity contribution in [3.8, 4) is 0 Å². The number of hydrogen-bond donors (Lipinski definition) is 3. The molecule has 0 fully saturated rings. The fraction of sp³-hybridized carbons (Fsp3) is 0. The van der Waals surface area contributed by atoms with Gasteiger partial charge in [-0.25, -0.2) is 0 Å². The summed E-state index contributed by atoms with van der Waals surface area (Å²) in [5, 5.41) is 0.526. The van der Waals surface area contributed by atoms with Crippen molar-refractivity contribution in [3.05, 3.63) is 32.4 Å². The topological polar surface area (TPSA) is 67.2 Å². The number of carbonyl (C=O) groups is 1. The SMILES string of the molecule is NC(=S)NNC(=O)c1ccc(I)c(Cl)c1. The van der Waals surface area contributed by atoms with Gasteiger partial charge in [0.15, 0.2) is 5.11 Å². The number of hydrogen-bond acceptors (Lipinski definition) is 2. The first kappa shape index (κ1) is 12.5. The fourth-order valence-electron chi connectivity index (χ4n) is 0.828. The van der Waals surface area contributed by atoms with Crippen molar-refractivity contribution in [3.63, 3.8) is 0 Å². The molecule has 1 amide bonds. The van der Waals surface area contributed by atoms with E-state index in [1.165, 1.54) is 0 Å². The van der Waals surface area contributed by atoms with Gasteiger partial charge in [-0.2, -0.15) is 0 Å². The Bertz CT molecular complexity index is 413. The molecule has 0 heterocycles. The van der Waals surface area contributed by atoms with Crippen LogP contribution in [0.2, 0.25) is 5.02 Å². The Morgan fingerprint density at radius 1 is 1.47 bits per heavy atom. The van der Waals surface area contributed by atoms with Gasteiger partial charge in [-0.1, -0.05) is 11.6 Å². The van der Waals surface area contributed by atoms with Crippen LogP contribution in [0.15, 0.2) is 18.2 Å². The highest BCUT2D eigenvalue weighted by Crippen LogP contribution is 2.19. The number of thiocarbonyl (C=S) groups is 1. The molecule has 15 heavy (non-hydrogen) atoms. The molecule has 0 aliphatic rings. The van der Waals surface area contributed by atoms with Gasteiger partial charge in [-0.05, 0) is 53.0 Å². The Labute approximate surface area is 111 Å². The summed E-state index contributed by atoms with van der Waals surface area (Å²) in [4.78, 5) is 11.5. The average molecular weight is 356 g/mol. The molecule has 0 bridgehead atoms. The Kier molecular flexibility index (Phi) is 4.55. The molecule has 80 valence electrons. The number of nitrogens with two attached hydrogens (primary N) is 1. The molecule has 7 heteroatoms. The lowest BCUT2D eigenvalue weighted by Gasteiger charge is -2.06. The summed E-state index contributed by atoms with van der Waals surface area (Å²) in [6.07, 6.45) is 0. The Morgan fingerprint density at radius 2 is 2.13 bits per heavy atom. The van der Waals surface area contributed by atoms with E-state index in [4.69, 9.17) is 17.3 Å². The lowest BCUT2D eigenvalue weighted by molar-refractivity contribution is 0.0944. The monoisotopic (exact) mass is 355 g/mol. The first-order valence-corrected chi connectivity index (χ1v) is 5.68. The molecule has 1 rings (SSSR count). The van der Waals surface area contributed by atoms with Gasteiger partial charge in [0.2, 0.25) is 0 Å². The highest BCUT2D eigenvalue weighted by molar-refractivity contribution is 14.1. The summed E-state index contributed by atoms with van der Waals surface area (Å²) < 4.78 is 0.883. The van der Waals surface area contributed by atoms with Crippen molar-refractivity contribution in [2.24, 2.45) is 5.73 Å². The van der Waals surface area contributed by atoms with E-state index in [0.29, 0.717) is 10.6 Å². The van der Waals surface area contributed by atoms with Crippen LogP contribution in [0.25, 0.3) is 0 Å². The molecule has 1 aromatic carbocycles. The third-order valence-corrected chi connectivity index (χ3v) is 3.16. The standard InChI is InChI=1S/C8H7ClIN3OS/c9-5-3-4(1-2-6(5)10)7(14)12-13-8(11)15/h1-3H,(H,12,14)(H3,11,13,15). The van der Waals surface area contributed by atoms with E-state index in [9.17, 15) is 4.79 Å². The minimum atomic E-state index is -0.346. The number of halogens is 2. The third kappa shape index (κ3) is 3.80. The average Bonchev–Trinajstić information content (AvgIpc) is 2.18. The normalized spacial score (nSPS) is 9.47. The van der Waals surface area contributed by atoms with Gasteiger partial charge in [0, 0.05) is 9.13 Å². The molecular weight excluding hydrogens is 349 g/mol. The maximum Gasteiger partial charge on any atom is 0.269 e. The van der Waals surface area contributed by atoms with Crippen LogP contribution >= 0.6 is 46.4 Å². The van der Waals surface area contributed by atoms with Crippen LogP contribution in [0.1, 0.15) is 10.4 Å². The molecule has 0 radical (unpaired) electrons. The Morgan fingerprint density at radius 3 is 2.67 bits per heavy atom. The van der Waals surface area contributed by atoms with Crippen LogP contribution < -0.4 is 16.6 Å². The molecule has 0 aromatic heterocycles. The lowest BCUT2D eigenvalue weighted by Crippen LogP contribution is -2.44. The molecule has 0 spiro atoms. The van der Waals surface area contributed by atoms with Gasteiger partial charge in [0.05, 0.1) is 5.02 Å². The minimum absolute atomic E-state index is 0.0000383. The van der Waals surface area contributed by atoms with E-state index < -0.39 is 0 Å². The van der Waals surface area contributed by atoms with Crippen molar-refractivity contribution >= 4 is 57.4 Å². The Balaban J connectivity index is 2.74. The van der Waals surface area contributed by atoms with Gasteiger partial charge in [0.25, 0.3) is 5.91 Å². The van der Waals surface area contributed by atoms with Crippen LogP contribution in [0.3, 0.4) is 0 Å². The van der Waals surface area contributed by atoms with Crippen LogP contribution in [0.5, 0.6) is 0 Å². The van der Waals surface area contributed by atoms with Crippen molar-refractivity contribution in [2.45, 2.75) is 0 Å². The maximum atomic E-state index is 11.5. The molecule has 0 saturated heterocycles. The molecule has 0 unspecified atom stereocenters. The predicted molar refractivity (Wildman–Crippen MR) is 71.6 cm³/mol. The van der Waals surface area contributed by atoms with Crippen molar-refractivity contribution in [1.29, 1.82) is 0 Å².